The number of aryl methyl sites for hydroxylation is 4. The summed E-state index contributed by atoms with van der Waals surface area (Å²) in [5.74, 6) is 1.06. The molecule has 150 valence electrons. The molecule has 2 heterocycles. The predicted molar refractivity (Wildman–Crippen MR) is 120 cm³/mol. The summed E-state index contributed by atoms with van der Waals surface area (Å²) in [5, 5.41) is 4.97. The topological polar surface area (TPSA) is 37.0 Å². The van der Waals surface area contributed by atoms with E-state index in [1.165, 1.54) is 44.4 Å². The number of hydrogen-bond donors (Lipinski definition) is 2. The maximum absolute atomic E-state index is 6.15. The minimum absolute atomic E-state index is 0. The van der Waals surface area contributed by atoms with Crippen LogP contribution < -0.4 is 10.1 Å². The molecule has 0 fully saturated rings. The lowest BCUT2D eigenvalue weighted by Gasteiger charge is -2.13. The molecule has 3 aromatic rings. The number of H-pyrrole nitrogens is 1. The third-order valence-corrected chi connectivity index (χ3v) is 5.65. The second-order valence-corrected chi connectivity index (χ2v) is 7.85. The second-order valence-electron chi connectivity index (χ2n) is 7.85. The van der Waals surface area contributed by atoms with Gasteiger partial charge >= 0.3 is 0 Å². The van der Waals surface area contributed by atoms with Crippen LogP contribution in [-0.4, -0.2) is 24.7 Å². The molecule has 0 radical (unpaired) electrons. The molecule has 2 aromatic carbocycles. The van der Waals surface area contributed by atoms with Crippen LogP contribution in [0.5, 0.6) is 5.75 Å². The Balaban J connectivity index is 0.00000225. The molecule has 1 aliphatic heterocycles. The molecule has 0 bridgehead atoms. The minimum atomic E-state index is 0. The van der Waals surface area contributed by atoms with E-state index in [-0.39, 0.29) is 12.4 Å². The van der Waals surface area contributed by atoms with Crippen molar-refractivity contribution in [2.75, 3.05) is 19.7 Å². The molecule has 0 amide bonds. The standard InChI is InChI=1S/C24H30N2O.ClH/c1-16-14-17(2)24(18(3)15-16)27-13-5-7-19-6-4-8-22-23(19)20-9-11-25-12-10-21(20)26-22;/h4,6,8,14-15,25-26H,5,7,9-13H2,1-3H3;1H. The Morgan fingerprint density at radius 1 is 1.00 bits per heavy atom. The van der Waals surface area contributed by atoms with Crippen molar-refractivity contribution in [3.05, 3.63) is 63.8 Å². The smallest absolute Gasteiger partial charge is 0.125 e. The zero-order valence-corrected chi connectivity index (χ0v) is 18.0. The number of benzene rings is 2. The maximum atomic E-state index is 6.15. The van der Waals surface area contributed by atoms with Crippen LogP contribution in [-0.2, 0) is 19.3 Å². The van der Waals surface area contributed by atoms with E-state index in [0.29, 0.717) is 0 Å². The van der Waals surface area contributed by atoms with Gasteiger partial charge in [0.1, 0.15) is 5.75 Å². The molecule has 1 aliphatic rings. The van der Waals surface area contributed by atoms with Crippen LogP contribution in [0.2, 0.25) is 0 Å². The molecule has 3 nitrogen and oxygen atoms in total. The van der Waals surface area contributed by atoms with Crippen molar-refractivity contribution in [3.63, 3.8) is 0 Å². The average Bonchev–Trinajstić information content (AvgIpc) is 2.82. The molecule has 0 unspecified atom stereocenters. The van der Waals surface area contributed by atoms with Gasteiger partial charge in [0.15, 0.2) is 0 Å². The van der Waals surface area contributed by atoms with Crippen molar-refractivity contribution in [2.45, 2.75) is 46.5 Å². The number of fused-ring (bicyclic) bond motifs is 3. The maximum Gasteiger partial charge on any atom is 0.125 e. The van der Waals surface area contributed by atoms with Gasteiger partial charge in [-0.1, -0.05) is 29.8 Å². The summed E-state index contributed by atoms with van der Waals surface area (Å²) < 4.78 is 6.15. The van der Waals surface area contributed by atoms with E-state index < -0.39 is 0 Å². The Hall–Kier alpha value is -1.97. The van der Waals surface area contributed by atoms with Gasteiger partial charge in [-0.2, -0.15) is 0 Å². The lowest BCUT2D eigenvalue weighted by atomic mass is 9.99. The minimum Gasteiger partial charge on any atom is -0.493 e. The number of nitrogens with one attached hydrogen (secondary N) is 2. The van der Waals surface area contributed by atoms with Crippen LogP contribution in [0.25, 0.3) is 10.9 Å². The summed E-state index contributed by atoms with van der Waals surface area (Å²) in [7, 11) is 0. The molecule has 1 aromatic heterocycles. The molecule has 0 saturated carbocycles. The van der Waals surface area contributed by atoms with Gasteiger partial charge in [-0.15, -0.1) is 12.4 Å². The number of aromatic nitrogens is 1. The van der Waals surface area contributed by atoms with Crippen LogP contribution in [0, 0.1) is 20.8 Å². The van der Waals surface area contributed by atoms with E-state index in [4.69, 9.17) is 4.74 Å². The lowest BCUT2D eigenvalue weighted by molar-refractivity contribution is 0.307. The first-order valence-electron chi connectivity index (χ1n) is 10.2. The summed E-state index contributed by atoms with van der Waals surface area (Å²) in [4.78, 5) is 3.66. The highest BCUT2D eigenvalue weighted by Crippen LogP contribution is 2.29. The van der Waals surface area contributed by atoms with Gasteiger partial charge in [0.05, 0.1) is 6.61 Å². The highest BCUT2D eigenvalue weighted by atomic mass is 35.5. The SMILES string of the molecule is Cc1cc(C)c(OCCCc2cccc3[nH]c4c(c23)CCNCC4)c(C)c1.Cl. The second kappa shape index (κ2) is 9.02. The van der Waals surface area contributed by atoms with Crippen molar-refractivity contribution in [2.24, 2.45) is 0 Å². The Kier molecular flexibility index (Phi) is 6.69. The number of aromatic amines is 1. The van der Waals surface area contributed by atoms with Crippen molar-refractivity contribution >= 4 is 23.3 Å². The summed E-state index contributed by atoms with van der Waals surface area (Å²) in [5.41, 5.74) is 9.46. The highest BCUT2D eigenvalue weighted by Gasteiger charge is 2.16. The molecule has 0 saturated heterocycles. The molecule has 0 spiro atoms. The van der Waals surface area contributed by atoms with Gasteiger partial charge in [-0.25, -0.2) is 0 Å². The third-order valence-electron chi connectivity index (χ3n) is 5.65. The van der Waals surface area contributed by atoms with Crippen molar-refractivity contribution in [1.29, 1.82) is 0 Å². The molecular weight excluding hydrogens is 368 g/mol. The van der Waals surface area contributed by atoms with Gasteiger partial charge in [-0.3, -0.25) is 0 Å². The molecular formula is C24H31ClN2O. The Bertz CT molecular complexity index is 938. The summed E-state index contributed by atoms with van der Waals surface area (Å²) in [6, 6.07) is 11.1. The van der Waals surface area contributed by atoms with Crippen LogP contribution in [0.15, 0.2) is 30.3 Å². The Morgan fingerprint density at radius 2 is 1.75 bits per heavy atom. The third kappa shape index (κ3) is 4.21. The molecule has 2 N–H and O–H groups in total. The van der Waals surface area contributed by atoms with Crippen molar-refractivity contribution in [1.82, 2.24) is 10.3 Å². The largest absolute Gasteiger partial charge is 0.493 e. The van der Waals surface area contributed by atoms with Gasteiger partial charge in [-0.05, 0) is 74.9 Å². The molecule has 0 aliphatic carbocycles. The van der Waals surface area contributed by atoms with E-state index in [9.17, 15) is 0 Å². The first-order valence-corrected chi connectivity index (χ1v) is 10.2. The zero-order chi connectivity index (χ0) is 18.8. The van der Waals surface area contributed by atoms with Gasteiger partial charge in [0, 0.05) is 29.6 Å². The quantitative estimate of drug-likeness (QED) is 0.578. The molecule has 28 heavy (non-hydrogen) atoms. The van der Waals surface area contributed by atoms with E-state index in [1.54, 1.807) is 0 Å². The number of halogens is 1. The van der Waals surface area contributed by atoms with Crippen LogP contribution in [0.4, 0.5) is 0 Å². The summed E-state index contributed by atoms with van der Waals surface area (Å²) in [6.07, 6.45) is 4.30. The summed E-state index contributed by atoms with van der Waals surface area (Å²) in [6.45, 7) is 9.31. The molecule has 4 rings (SSSR count). The van der Waals surface area contributed by atoms with E-state index >= 15 is 0 Å². The molecule has 4 heteroatoms. The number of hydrogen-bond acceptors (Lipinski definition) is 2. The van der Waals surface area contributed by atoms with Crippen LogP contribution >= 0.6 is 12.4 Å². The van der Waals surface area contributed by atoms with Gasteiger partial charge in [0.25, 0.3) is 0 Å². The van der Waals surface area contributed by atoms with Crippen LogP contribution in [0.1, 0.15) is 39.9 Å². The first kappa shape index (κ1) is 20.8. The zero-order valence-electron chi connectivity index (χ0n) is 17.2. The predicted octanol–water partition coefficient (Wildman–Crippen LogP) is 5.21. The summed E-state index contributed by atoms with van der Waals surface area (Å²) >= 11 is 0. The number of ether oxygens (including phenoxy) is 1. The van der Waals surface area contributed by atoms with Gasteiger partial charge in [0.2, 0.25) is 0 Å². The highest BCUT2D eigenvalue weighted by molar-refractivity contribution is 5.88. The first-order chi connectivity index (χ1) is 13.1. The monoisotopic (exact) mass is 398 g/mol. The Morgan fingerprint density at radius 3 is 2.54 bits per heavy atom. The fourth-order valence-electron chi connectivity index (χ4n) is 4.53. The lowest BCUT2D eigenvalue weighted by Crippen LogP contribution is -2.16. The van der Waals surface area contributed by atoms with E-state index in [2.05, 4.69) is 61.4 Å². The van der Waals surface area contributed by atoms with Gasteiger partial charge < -0.3 is 15.0 Å². The van der Waals surface area contributed by atoms with Crippen molar-refractivity contribution in [3.8, 4) is 5.75 Å². The normalized spacial score (nSPS) is 13.7. The molecule has 0 atom stereocenters. The fraction of sp³-hybridized carbons (Fsp3) is 0.417. The Labute approximate surface area is 174 Å². The van der Waals surface area contributed by atoms with E-state index in [0.717, 1.165) is 51.1 Å². The number of rotatable bonds is 5. The van der Waals surface area contributed by atoms with E-state index in [1.807, 2.05) is 0 Å². The average molecular weight is 399 g/mol. The van der Waals surface area contributed by atoms with Crippen molar-refractivity contribution < 1.29 is 4.74 Å². The van der Waals surface area contributed by atoms with Crippen LogP contribution in [0.3, 0.4) is 0 Å². The fourth-order valence-corrected chi connectivity index (χ4v) is 4.53.